The second-order valence-corrected chi connectivity index (χ2v) is 5.52. The number of ether oxygens (including phenoxy) is 1. The number of benzene rings is 1. The van der Waals surface area contributed by atoms with Gasteiger partial charge in [-0.15, -0.1) is 0 Å². The van der Waals surface area contributed by atoms with Crippen LogP contribution in [-0.4, -0.2) is 36.7 Å². The first kappa shape index (κ1) is 12.6. The van der Waals surface area contributed by atoms with Gasteiger partial charge in [0.1, 0.15) is 0 Å². The fraction of sp³-hybridized carbons (Fsp3) is 0.375. The first-order valence-corrected chi connectivity index (χ1v) is 7.32. The number of likely N-dealkylation sites (N-methyl/N-ethyl adjacent to an activating group) is 1. The zero-order chi connectivity index (χ0) is 14.4. The van der Waals surface area contributed by atoms with Gasteiger partial charge in [-0.25, -0.2) is 0 Å². The molecule has 3 heterocycles. The van der Waals surface area contributed by atoms with Gasteiger partial charge in [-0.05, 0) is 13.0 Å². The number of anilines is 2. The van der Waals surface area contributed by atoms with Gasteiger partial charge in [0.15, 0.2) is 0 Å². The Morgan fingerprint density at radius 2 is 2.24 bits per heavy atom. The summed E-state index contributed by atoms with van der Waals surface area (Å²) in [5.74, 6) is -0.0807. The number of hydrogen-bond acceptors (Lipinski definition) is 4. The standard InChI is InChI=1S/C16H17N3O2/c1-2-19-14-9-21-8-11(14)16(20)18-13-7-17-12-6-4-3-5-10(12)15(13)19/h3-7,11,14H,2,8-9H2,1H3,(H,18,20). The number of nitrogens with one attached hydrogen (secondary N) is 1. The molecule has 0 spiro atoms. The van der Waals surface area contributed by atoms with Gasteiger partial charge in [0.25, 0.3) is 0 Å². The Bertz CT molecular complexity index is 716. The van der Waals surface area contributed by atoms with E-state index in [1.54, 1.807) is 6.20 Å². The van der Waals surface area contributed by atoms with E-state index >= 15 is 0 Å². The molecule has 0 aliphatic carbocycles. The first-order chi connectivity index (χ1) is 10.3. The van der Waals surface area contributed by atoms with E-state index in [2.05, 4.69) is 28.2 Å². The highest BCUT2D eigenvalue weighted by atomic mass is 16.5. The molecule has 21 heavy (non-hydrogen) atoms. The Labute approximate surface area is 122 Å². The molecule has 1 saturated heterocycles. The van der Waals surface area contributed by atoms with Crippen LogP contribution in [0.15, 0.2) is 30.5 Å². The molecule has 108 valence electrons. The molecule has 5 heteroatoms. The van der Waals surface area contributed by atoms with Gasteiger partial charge in [-0.3, -0.25) is 9.78 Å². The molecule has 4 rings (SSSR count). The van der Waals surface area contributed by atoms with Gasteiger partial charge in [-0.1, -0.05) is 18.2 Å². The third kappa shape index (κ3) is 1.81. The number of carbonyl (C=O) groups excluding carboxylic acids is 1. The van der Waals surface area contributed by atoms with Crippen molar-refractivity contribution in [1.29, 1.82) is 0 Å². The van der Waals surface area contributed by atoms with Crippen LogP contribution in [0.2, 0.25) is 0 Å². The van der Waals surface area contributed by atoms with Gasteiger partial charge in [-0.2, -0.15) is 0 Å². The van der Waals surface area contributed by atoms with E-state index in [4.69, 9.17) is 4.74 Å². The number of hydrogen-bond donors (Lipinski definition) is 1. The fourth-order valence-electron chi connectivity index (χ4n) is 3.41. The van der Waals surface area contributed by atoms with Crippen LogP contribution in [0, 0.1) is 5.92 Å². The predicted octanol–water partition coefficient (Wildman–Crippen LogP) is 2.03. The number of amides is 1. The number of nitrogens with zero attached hydrogens (tertiary/aromatic N) is 2. The average molecular weight is 283 g/mol. The third-order valence-electron chi connectivity index (χ3n) is 4.42. The lowest BCUT2D eigenvalue weighted by Gasteiger charge is -2.31. The number of para-hydroxylation sites is 1. The summed E-state index contributed by atoms with van der Waals surface area (Å²) < 4.78 is 5.56. The van der Waals surface area contributed by atoms with Crippen molar-refractivity contribution in [2.45, 2.75) is 13.0 Å². The lowest BCUT2D eigenvalue weighted by atomic mass is 10.0. The summed E-state index contributed by atoms with van der Waals surface area (Å²) in [6.07, 6.45) is 1.76. The van der Waals surface area contributed by atoms with Crippen LogP contribution < -0.4 is 10.2 Å². The van der Waals surface area contributed by atoms with Crippen molar-refractivity contribution in [3.05, 3.63) is 30.5 Å². The topological polar surface area (TPSA) is 54.5 Å². The van der Waals surface area contributed by atoms with Gasteiger partial charge >= 0.3 is 0 Å². The van der Waals surface area contributed by atoms with Crippen LogP contribution in [0.25, 0.3) is 10.9 Å². The number of pyridine rings is 1. The quantitative estimate of drug-likeness (QED) is 0.870. The van der Waals surface area contributed by atoms with Crippen LogP contribution >= 0.6 is 0 Å². The maximum atomic E-state index is 12.4. The molecule has 2 unspecified atom stereocenters. The van der Waals surface area contributed by atoms with E-state index in [1.807, 2.05) is 18.2 Å². The molecule has 2 aliphatic rings. The van der Waals surface area contributed by atoms with Crippen molar-refractivity contribution in [3.63, 3.8) is 0 Å². The lowest BCUT2D eigenvalue weighted by Crippen LogP contribution is -2.42. The number of rotatable bonds is 1. The van der Waals surface area contributed by atoms with E-state index in [0.29, 0.717) is 13.2 Å². The summed E-state index contributed by atoms with van der Waals surface area (Å²) in [7, 11) is 0. The molecule has 1 fully saturated rings. The largest absolute Gasteiger partial charge is 0.378 e. The highest BCUT2D eigenvalue weighted by Crippen LogP contribution is 2.39. The first-order valence-electron chi connectivity index (χ1n) is 7.32. The molecule has 1 aromatic carbocycles. The molecular weight excluding hydrogens is 266 g/mol. The summed E-state index contributed by atoms with van der Waals surface area (Å²) in [6.45, 7) is 4.04. The number of carbonyl (C=O) groups is 1. The molecule has 2 atom stereocenters. The second kappa shape index (κ2) is 4.70. The van der Waals surface area contributed by atoms with Crippen molar-refractivity contribution in [1.82, 2.24) is 4.98 Å². The highest BCUT2D eigenvalue weighted by molar-refractivity contribution is 6.06. The van der Waals surface area contributed by atoms with Crippen LogP contribution in [0.5, 0.6) is 0 Å². The van der Waals surface area contributed by atoms with Crippen LogP contribution in [0.3, 0.4) is 0 Å². The van der Waals surface area contributed by atoms with Gasteiger partial charge in [0, 0.05) is 11.9 Å². The Kier molecular flexibility index (Phi) is 2.82. The lowest BCUT2D eigenvalue weighted by molar-refractivity contribution is -0.120. The molecule has 1 aromatic heterocycles. The van der Waals surface area contributed by atoms with Crippen molar-refractivity contribution in [3.8, 4) is 0 Å². The van der Waals surface area contributed by atoms with Crippen LogP contribution in [0.4, 0.5) is 11.4 Å². The third-order valence-corrected chi connectivity index (χ3v) is 4.42. The molecular formula is C16H17N3O2. The molecule has 1 N–H and O–H groups in total. The molecule has 0 radical (unpaired) electrons. The fourth-order valence-corrected chi connectivity index (χ4v) is 3.41. The van der Waals surface area contributed by atoms with Crippen LogP contribution in [0.1, 0.15) is 6.92 Å². The molecule has 0 bridgehead atoms. The highest BCUT2D eigenvalue weighted by Gasteiger charge is 2.41. The van der Waals surface area contributed by atoms with E-state index < -0.39 is 0 Å². The van der Waals surface area contributed by atoms with Crippen molar-refractivity contribution >= 4 is 28.2 Å². The monoisotopic (exact) mass is 283 g/mol. The minimum atomic E-state index is -0.115. The van der Waals surface area contributed by atoms with Crippen LogP contribution in [-0.2, 0) is 9.53 Å². The maximum absolute atomic E-state index is 12.4. The minimum Gasteiger partial charge on any atom is -0.378 e. The smallest absolute Gasteiger partial charge is 0.232 e. The van der Waals surface area contributed by atoms with Crippen molar-refractivity contribution in [2.75, 3.05) is 30.0 Å². The summed E-state index contributed by atoms with van der Waals surface area (Å²) >= 11 is 0. The summed E-state index contributed by atoms with van der Waals surface area (Å²) in [6, 6.07) is 8.15. The van der Waals surface area contributed by atoms with Gasteiger partial charge in [0.05, 0.1) is 48.3 Å². The summed E-state index contributed by atoms with van der Waals surface area (Å²) in [5.41, 5.74) is 2.81. The molecule has 2 aliphatic heterocycles. The summed E-state index contributed by atoms with van der Waals surface area (Å²) in [4.78, 5) is 19.2. The average Bonchev–Trinajstić information content (AvgIpc) is 2.95. The predicted molar refractivity (Wildman–Crippen MR) is 81.5 cm³/mol. The Morgan fingerprint density at radius 1 is 1.38 bits per heavy atom. The normalized spacial score (nSPS) is 24.4. The molecule has 2 aromatic rings. The number of aromatic nitrogens is 1. The second-order valence-electron chi connectivity index (χ2n) is 5.52. The van der Waals surface area contributed by atoms with Gasteiger partial charge in [0.2, 0.25) is 5.91 Å². The Balaban J connectivity index is 1.98. The zero-order valence-corrected chi connectivity index (χ0v) is 11.9. The van der Waals surface area contributed by atoms with Crippen molar-refractivity contribution in [2.24, 2.45) is 5.92 Å². The minimum absolute atomic E-state index is 0.0341. The van der Waals surface area contributed by atoms with E-state index in [9.17, 15) is 4.79 Å². The van der Waals surface area contributed by atoms with E-state index in [-0.39, 0.29) is 17.9 Å². The molecule has 5 nitrogen and oxygen atoms in total. The Morgan fingerprint density at radius 3 is 3.10 bits per heavy atom. The summed E-state index contributed by atoms with van der Waals surface area (Å²) in [5, 5.41) is 4.10. The van der Waals surface area contributed by atoms with E-state index in [0.717, 1.165) is 28.8 Å². The zero-order valence-electron chi connectivity index (χ0n) is 11.9. The maximum Gasteiger partial charge on any atom is 0.232 e. The molecule has 1 amide bonds. The molecule has 0 saturated carbocycles. The Hall–Kier alpha value is -2.14. The SMILES string of the molecule is CCN1c2c(cnc3ccccc23)NC(=O)C2COCC21. The van der Waals surface area contributed by atoms with Crippen molar-refractivity contribution < 1.29 is 9.53 Å². The van der Waals surface area contributed by atoms with E-state index in [1.165, 1.54) is 0 Å². The number of fused-ring (bicyclic) bond motifs is 4. The van der Waals surface area contributed by atoms with Gasteiger partial charge < -0.3 is 15.0 Å².